The van der Waals surface area contributed by atoms with E-state index in [0.717, 1.165) is 62.1 Å². The third-order valence-corrected chi connectivity index (χ3v) is 8.01. The molecule has 1 aromatic carbocycles. The zero-order valence-electron chi connectivity index (χ0n) is 18.2. The van der Waals surface area contributed by atoms with Crippen LogP contribution >= 0.6 is 23.1 Å². The topological polar surface area (TPSA) is 101 Å². The van der Waals surface area contributed by atoms with Gasteiger partial charge in [-0.15, -0.1) is 11.3 Å². The SMILES string of the molecule is Cc1ccc(CC(=O)Cc2ncc(Sc3ncnc4nc[nH]c34)s2)c(C(=O)C2CCCC2)c1. The van der Waals surface area contributed by atoms with Crippen LogP contribution in [0.5, 0.6) is 0 Å². The quantitative estimate of drug-likeness (QED) is 0.282. The fraction of sp³-hybridized carbons (Fsp3) is 0.333. The standard InChI is InChI=1S/C24H23N5O2S2/c1-14-6-7-16(18(8-14)22(31)15-4-2-3-5-15)9-17(30)10-19-25-11-20(32-19)33-24-21-23(27-12-26-21)28-13-29-24/h6-8,11-13,15H,2-5,9-10H2,1H3,(H,26,27,28,29). The van der Waals surface area contributed by atoms with Gasteiger partial charge >= 0.3 is 0 Å². The van der Waals surface area contributed by atoms with E-state index in [1.807, 2.05) is 25.1 Å². The lowest BCUT2D eigenvalue weighted by atomic mass is 9.90. The monoisotopic (exact) mass is 477 g/mol. The average Bonchev–Trinajstić information content (AvgIpc) is 3.57. The molecule has 9 heteroatoms. The summed E-state index contributed by atoms with van der Waals surface area (Å²) < 4.78 is 0.944. The molecule has 1 N–H and O–H groups in total. The number of rotatable bonds is 8. The van der Waals surface area contributed by atoms with Gasteiger partial charge in [-0.3, -0.25) is 9.59 Å². The van der Waals surface area contributed by atoms with E-state index in [1.165, 1.54) is 29.4 Å². The summed E-state index contributed by atoms with van der Waals surface area (Å²) in [5.74, 6) is 0.354. The van der Waals surface area contributed by atoms with Crippen LogP contribution in [0.25, 0.3) is 11.2 Å². The van der Waals surface area contributed by atoms with Crippen molar-refractivity contribution in [2.45, 2.75) is 54.7 Å². The Labute approximate surface area is 199 Å². The molecule has 0 atom stereocenters. The van der Waals surface area contributed by atoms with Crippen LogP contribution in [0.3, 0.4) is 0 Å². The van der Waals surface area contributed by atoms with Crippen molar-refractivity contribution in [3.63, 3.8) is 0 Å². The number of imidazole rings is 1. The molecule has 1 aliphatic rings. The van der Waals surface area contributed by atoms with E-state index in [1.54, 1.807) is 12.5 Å². The van der Waals surface area contributed by atoms with E-state index in [0.29, 0.717) is 5.65 Å². The molecule has 5 rings (SSSR count). The van der Waals surface area contributed by atoms with Gasteiger partial charge < -0.3 is 4.98 Å². The maximum absolute atomic E-state index is 13.1. The Morgan fingerprint density at radius 2 is 1.97 bits per heavy atom. The molecule has 0 unspecified atom stereocenters. The summed E-state index contributed by atoms with van der Waals surface area (Å²) in [4.78, 5) is 46.1. The third kappa shape index (κ3) is 4.89. The van der Waals surface area contributed by atoms with Gasteiger partial charge in [0.25, 0.3) is 0 Å². The number of carbonyl (C=O) groups excluding carboxylic acids is 2. The highest BCUT2D eigenvalue weighted by Crippen LogP contribution is 2.34. The van der Waals surface area contributed by atoms with Crippen molar-refractivity contribution in [2.75, 3.05) is 0 Å². The predicted molar refractivity (Wildman–Crippen MR) is 128 cm³/mol. The fourth-order valence-corrected chi connectivity index (χ4v) is 6.28. The summed E-state index contributed by atoms with van der Waals surface area (Å²) in [5.41, 5.74) is 4.00. The second-order valence-corrected chi connectivity index (χ2v) is 10.8. The maximum Gasteiger partial charge on any atom is 0.181 e. The van der Waals surface area contributed by atoms with Crippen molar-refractivity contribution < 1.29 is 9.59 Å². The van der Waals surface area contributed by atoms with E-state index in [9.17, 15) is 9.59 Å². The zero-order chi connectivity index (χ0) is 22.8. The van der Waals surface area contributed by atoms with Gasteiger partial charge in [0.15, 0.2) is 11.4 Å². The second kappa shape index (κ2) is 9.52. The summed E-state index contributed by atoms with van der Waals surface area (Å²) in [6.45, 7) is 1.99. The number of nitrogens with zero attached hydrogens (tertiary/aromatic N) is 4. The average molecular weight is 478 g/mol. The highest BCUT2D eigenvalue weighted by molar-refractivity contribution is 8.01. The Morgan fingerprint density at radius 1 is 1.12 bits per heavy atom. The van der Waals surface area contributed by atoms with Gasteiger partial charge in [-0.1, -0.05) is 42.3 Å². The number of aryl methyl sites for hydroxylation is 1. The predicted octanol–water partition coefficient (Wildman–Crippen LogP) is 5.00. The molecule has 0 aliphatic heterocycles. The Hall–Kier alpha value is -2.91. The maximum atomic E-state index is 13.1. The van der Waals surface area contributed by atoms with Crippen molar-refractivity contribution in [1.82, 2.24) is 24.9 Å². The number of aromatic amines is 1. The number of hydrogen-bond acceptors (Lipinski definition) is 8. The number of thiazole rings is 1. The van der Waals surface area contributed by atoms with Crippen molar-refractivity contribution in [3.05, 3.63) is 58.7 Å². The molecule has 0 saturated heterocycles. The van der Waals surface area contributed by atoms with Crippen LogP contribution < -0.4 is 0 Å². The summed E-state index contributed by atoms with van der Waals surface area (Å²) in [7, 11) is 0. The molecule has 0 radical (unpaired) electrons. The van der Waals surface area contributed by atoms with Crippen LogP contribution in [-0.4, -0.2) is 36.5 Å². The molecule has 4 aromatic rings. The number of ketones is 2. The first kappa shape index (κ1) is 21.9. The lowest BCUT2D eigenvalue weighted by Crippen LogP contribution is -2.16. The number of fused-ring (bicyclic) bond motifs is 1. The van der Waals surface area contributed by atoms with Crippen molar-refractivity contribution in [2.24, 2.45) is 5.92 Å². The molecule has 0 amide bonds. The summed E-state index contributed by atoms with van der Waals surface area (Å²) in [5, 5.41) is 1.53. The van der Waals surface area contributed by atoms with Gasteiger partial charge in [0.1, 0.15) is 27.7 Å². The molecule has 33 heavy (non-hydrogen) atoms. The zero-order valence-corrected chi connectivity index (χ0v) is 19.8. The summed E-state index contributed by atoms with van der Waals surface area (Å²) in [6, 6.07) is 5.85. The van der Waals surface area contributed by atoms with Gasteiger partial charge in [0.2, 0.25) is 0 Å². The first-order valence-electron chi connectivity index (χ1n) is 11.0. The van der Waals surface area contributed by atoms with Gasteiger partial charge in [-0.05, 0) is 31.4 Å². The molecule has 1 fully saturated rings. The van der Waals surface area contributed by atoms with Crippen LogP contribution in [0.15, 0.2) is 46.3 Å². The number of aromatic nitrogens is 5. The molecule has 7 nitrogen and oxygen atoms in total. The van der Waals surface area contributed by atoms with Gasteiger partial charge in [0, 0.05) is 17.9 Å². The van der Waals surface area contributed by atoms with Crippen molar-refractivity contribution in [1.29, 1.82) is 0 Å². The number of H-pyrrole nitrogens is 1. The lowest BCUT2D eigenvalue weighted by molar-refractivity contribution is -0.117. The molecule has 1 aliphatic carbocycles. The largest absolute Gasteiger partial charge is 0.341 e. The molecule has 0 spiro atoms. The Kier molecular flexibility index (Phi) is 6.32. The number of carbonyl (C=O) groups is 2. The minimum atomic E-state index is 0.0585. The van der Waals surface area contributed by atoms with Crippen LogP contribution in [0.1, 0.15) is 52.2 Å². The summed E-state index contributed by atoms with van der Waals surface area (Å²) in [6.07, 6.45) is 9.48. The minimum Gasteiger partial charge on any atom is -0.341 e. The first-order chi connectivity index (χ1) is 16.1. The summed E-state index contributed by atoms with van der Waals surface area (Å²) >= 11 is 2.95. The Balaban J connectivity index is 1.27. The minimum absolute atomic E-state index is 0.0585. The lowest BCUT2D eigenvalue weighted by Gasteiger charge is -2.13. The van der Waals surface area contributed by atoms with Crippen LogP contribution in [-0.2, 0) is 17.6 Å². The first-order valence-corrected chi connectivity index (χ1v) is 12.6. The van der Waals surface area contributed by atoms with Crippen LogP contribution in [0.4, 0.5) is 0 Å². The fourth-order valence-electron chi connectivity index (χ4n) is 4.26. The number of nitrogens with one attached hydrogen (secondary N) is 1. The van der Waals surface area contributed by atoms with Crippen molar-refractivity contribution >= 4 is 45.8 Å². The van der Waals surface area contributed by atoms with E-state index in [-0.39, 0.29) is 30.3 Å². The highest BCUT2D eigenvalue weighted by atomic mass is 32.2. The smallest absolute Gasteiger partial charge is 0.181 e. The van der Waals surface area contributed by atoms with E-state index >= 15 is 0 Å². The third-order valence-electron chi connectivity index (χ3n) is 5.91. The van der Waals surface area contributed by atoms with Gasteiger partial charge in [-0.2, -0.15) is 0 Å². The molecular weight excluding hydrogens is 454 g/mol. The number of Topliss-reactive ketones (excluding diaryl/α,β-unsaturated/α-hetero) is 2. The Bertz CT molecular complexity index is 1320. The van der Waals surface area contributed by atoms with E-state index in [2.05, 4.69) is 24.9 Å². The number of benzene rings is 1. The van der Waals surface area contributed by atoms with Crippen LogP contribution in [0.2, 0.25) is 0 Å². The Morgan fingerprint density at radius 3 is 2.82 bits per heavy atom. The van der Waals surface area contributed by atoms with E-state index in [4.69, 9.17) is 0 Å². The van der Waals surface area contributed by atoms with Crippen LogP contribution in [0, 0.1) is 12.8 Å². The highest BCUT2D eigenvalue weighted by Gasteiger charge is 2.26. The van der Waals surface area contributed by atoms with Gasteiger partial charge in [-0.25, -0.2) is 19.9 Å². The molecule has 1 saturated carbocycles. The molecule has 168 valence electrons. The second-order valence-electron chi connectivity index (χ2n) is 8.35. The van der Waals surface area contributed by atoms with Crippen molar-refractivity contribution in [3.8, 4) is 0 Å². The molecule has 0 bridgehead atoms. The number of hydrogen-bond donors (Lipinski definition) is 1. The van der Waals surface area contributed by atoms with Gasteiger partial charge in [0.05, 0.1) is 23.2 Å². The molecule has 3 heterocycles. The van der Waals surface area contributed by atoms with E-state index < -0.39 is 0 Å². The normalized spacial score (nSPS) is 14.2. The molecular formula is C24H23N5O2S2. The molecule has 3 aromatic heterocycles.